The molecule has 4 fully saturated rings. The van der Waals surface area contributed by atoms with E-state index in [4.69, 9.17) is 4.74 Å². The molecule has 4 atom stereocenters. The SMILES string of the molecule is Cc1cc(C(=O)Nc2cccc(C3(Cc4nncn4C)COC3)c2)nc(C2CC2)n1.Cc1cc(CN2CCC(F)(F)C2)cc2c1CN(c1cccc([C@@](C)(F)Cc3nncn3C)c1)C2=O.Cc1cc(CN2CC[C@H](F)C2)cc2c1CN(c1cccc([C@@](C)(F)C(F)(F)c3nncn3C)c1)C2=O.Cc1cccc2c1CN(c1cccc([C@@](C)(F)C(F)(F)c3nncn3C)c1)C2=O. The van der Waals surface area contributed by atoms with E-state index in [-0.39, 0.29) is 66.1 Å². The van der Waals surface area contributed by atoms with Gasteiger partial charge in [-0.05, 0) is 207 Å². The highest BCUT2D eigenvalue weighted by Crippen LogP contribution is 2.51. The molecular weight excluding hydrogens is 1690 g/mol. The van der Waals surface area contributed by atoms with E-state index in [0.29, 0.717) is 122 Å². The third-order valence-corrected chi connectivity index (χ3v) is 25.6. The Morgan fingerprint density at radius 2 is 1.00 bits per heavy atom. The van der Waals surface area contributed by atoms with Crippen LogP contribution in [0.5, 0.6) is 0 Å². The first-order chi connectivity index (χ1) is 61.7. The number of hydrogen-bond donors (Lipinski definition) is 1. The van der Waals surface area contributed by atoms with Gasteiger partial charge in [-0.25, -0.2) is 36.3 Å². The number of fused-ring (bicyclic) bond motifs is 3. The molecule has 1 aliphatic carbocycles. The summed E-state index contributed by atoms with van der Waals surface area (Å²) >= 11 is 0. The highest BCUT2D eigenvalue weighted by Gasteiger charge is 2.59. The molecule has 19 rings (SSSR count). The number of benzene rings is 7. The molecule has 7 aromatic carbocycles. The number of anilines is 4. The van der Waals surface area contributed by atoms with Crippen LogP contribution in [0.2, 0.25) is 0 Å². The molecule has 11 heterocycles. The topological polar surface area (TPSA) is 254 Å². The number of ether oxygens (including phenoxy) is 1. The molecule has 0 bridgehead atoms. The van der Waals surface area contributed by atoms with Crippen molar-refractivity contribution in [2.24, 2.45) is 28.2 Å². The standard InChI is InChI=1S/C26H27F4N5O.C26H28F3N5O.C22H24N6O2.C21H19F3N4O/c1-16-9-17(12-34-8-7-19(27)13-34)10-21-22(16)14-35(23(21)36)20-6-4-5-18(11-20)25(2,28)26(29,30)24-32-31-15-33(24)3;1-17-9-18(13-33-8-7-26(28,29)15-33)10-21-22(17)14-34(24(21)35)20-6-4-5-19(11-20)25(2,27)12-23-31-30-16-32(23)3;1-14-8-18(26-20(24-14)15-6-7-15)21(29)25-17-5-3-4-16(9-17)22(11-30-12-22)10-19-27-23-13-28(19)2;1-13-6-4-9-16-17(13)11-28(18(16)29)15-8-5-7-14(10-15)20(2,22)21(23,24)19-26-25-12-27(19)3/h4-6,9-11,15,19H,7-8,12-14H2,1-3H3;4-6,9-11,16H,7-8,12-15H2,1-3H3;3-5,8-9,13,15H,6-7,10-12H2,1-2H3,(H,25,29);4-10,12H,11H2,1-3H3/t19-,25+;25-;;20-/m00.1/s1. The Bertz CT molecular complexity index is 6320. The molecule has 35 heteroatoms. The number of likely N-dealkylation sites (tertiary alicyclic amines) is 2. The molecule has 0 spiro atoms. The average Bonchev–Trinajstić information content (AvgIpc) is 1.52. The van der Waals surface area contributed by atoms with Crippen LogP contribution in [0.15, 0.2) is 171 Å². The molecule has 1 saturated carbocycles. The minimum Gasteiger partial charge on any atom is -0.379 e. The van der Waals surface area contributed by atoms with Crippen LogP contribution in [0.3, 0.4) is 0 Å². The number of amides is 4. The Morgan fingerprint density at radius 1 is 0.515 bits per heavy atom. The van der Waals surface area contributed by atoms with Gasteiger partial charge in [-0.3, -0.25) is 29.0 Å². The molecule has 6 aliphatic heterocycles. The van der Waals surface area contributed by atoms with Crippen molar-refractivity contribution in [3.63, 3.8) is 0 Å². The number of hydrogen-bond acceptors (Lipinski definition) is 17. The smallest absolute Gasteiger partial charge is 0.343 e. The second-order valence-electron chi connectivity index (χ2n) is 35.5. The predicted molar refractivity (Wildman–Crippen MR) is 464 cm³/mol. The summed E-state index contributed by atoms with van der Waals surface area (Å²) < 4.78 is 159. The van der Waals surface area contributed by atoms with Crippen LogP contribution in [0.4, 0.5) is 66.7 Å². The van der Waals surface area contributed by atoms with Gasteiger partial charge in [-0.15, -0.1) is 40.8 Å². The number of halogens is 10. The van der Waals surface area contributed by atoms with E-state index in [0.717, 1.165) is 128 Å². The van der Waals surface area contributed by atoms with Gasteiger partial charge < -0.3 is 43.0 Å². The fourth-order valence-electron chi connectivity index (χ4n) is 17.6. The van der Waals surface area contributed by atoms with E-state index < -0.39 is 52.6 Å². The van der Waals surface area contributed by atoms with E-state index >= 15 is 22.0 Å². The molecule has 130 heavy (non-hydrogen) atoms. The quantitative estimate of drug-likeness (QED) is 0.0619. The predicted octanol–water partition coefficient (Wildman–Crippen LogP) is 16.2. The molecule has 12 aromatic rings. The first-order valence-electron chi connectivity index (χ1n) is 42.8. The van der Waals surface area contributed by atoms with Gasteiger partial charge in [0.15, 0.2) is 0 Å². The van der Waals surface area contributed by atoms with Crippen molar-refractivity contribution in [2.45, 2.75) is 172 Å². The minimum atomic E-state index is -3.96. The average molecular weight is 1790 g/mol. The Labute approximate surface area is 744 Å². The maximum absolute atomic E-state index is 15.7. The largest absolute Gasteiger partial charge is 0.379 e. The number of carbonyl (C=O) groups excluding carboxylic acids is 4. The zero-order chi connectivity index (χ0) is 92.5. The molecule has 0 unspecified atom stereocenters. The highest BCUT2D eigenvalue weighted by atomic mass is 19.3. The summed E-state index contributed by atoms with van der Waals surface area (Å²) in [6, 6.07) is 41.0. The maximum atomic E-state index is 15.7. The van der Waals surface area contributed by atoms with Crippen molar-refractivity contribution >= 4 is 46.4 Å². The van der Waals surface area contributed by atoms with Crippen molar-refractivity contribution in [3.05, 3.63) is 295 Å². The molecule has 1 N–H and O–H groups in total. The van der Waals surface area contributed by atoms with E-state index in [1.165, 1.54) is 73.5 Å². The van der Waals surface area contributed by atoms with Gasteiger partial charge in [-0.1, -0.05) is 72.8 Å². The fourth-order valence-corrected chi connectivity index (χ4v) is 17.6. The molecule has 4 amide bonds. The lowest BCUT2D eigenvalue weighted by molar-refractivity contribution is -0.149. The normalized spacial score (nSPS) is 18.4. The van der Waals surface area contributed by atoms with Crippen LogP contribution in [-0.4, -0.2) is 154 Å². The van der Waals surface area contributed by atoms with Crippen LogP contribution in [0.25, 0.3) is 0 Å². The van der Waals surface area contributed by atoms with Crippen LogP contribution in [0, 0.1) is 27.7 Å². The Hall–Kier alpha value is -12.8. The summed E-state index contributed by atoms with van der Waals surface area (Å²) in [5, 5.41) is 32.7. The first-order valence-corrected chi connectivity index (χ1v) is 42.8. The molecular formula is C95H98F10N20O5. The van der Waals surface area contributed by atoms with Gasteiger partial charge in [0.2, 0.25) is 23.0 Å². The lowest BCUT2D eigenvalue weighted by Gasteiger charge is -2.41. The third-order valence-electron chi connectivity index (χ3n) is 25.6. The van der Waals surface area contributed by atoms with Crippen LogP contribution >= 0.6 is 0 Å². The second kappa shape index (κ2) is 35.3. The molecule has 0 radical (unpaired) electrons. The lowest BCUT2D eigenvalue weighted by atomic mass is 9.75. The third kappa shape index (κ3) is 18.1. The molecule has 25 nitrogen and oxygen atoms in total. The number of carbonyl (C=O) groups is 4. The molecule has 3 saturated heterocycles. The van der Waals surface area contributed by atoms with E-state index in [2.05, 4.69) is 62.1 Å². The van der Waals surface area contributed by atoms with Crippen molar-refractivity contribution in [1.29, 1.82) is 0 Å². The molecule has 5 aromatic heterocycles. The summed E-state index contributed by atoms with van der Waals surface area (Å²) in [5.74, 6) is -10.4. The van der Waals surface area contributed by atoms with Gasteiger partial charge in [0.25, 0.3) is 29.6 Å². The Morgan fingerprint density at radius 3 is 1.47 bits per heavy atom. The van der Waals surface area contributed by atoms with E-state index in [1.54, 1.807) is 82.3 Å². The van der Waals surface area contributed by atoms with Crippen LogP contribution in [0.1, 0.15) is 196 Å². The zero-order valence-corrected chi connectivity index (χ0v) is 73.7. The number of nitrogens with one attached hydrogen (secondary N) is 1. The monoisotopic (exact) mass is 1790 g/mol. The van der Waals surface area contributed by atoms with Gasteiger partial charge in [0.1, 0.15) is 60.3 Å². The fraction of sp³-hybridized carbons (Fsp3) is 0.389. The summed E-state index contributed by atoms with van der Waals surface area (Å²) in [5.41, 5.74) is 5.24. The summed E-state index contributed by atoms with van der Waals surface area (Å²) in [4.78, 5) is 69.7. The van der Waals surface area contributed by atoms with Crippen LogP contribution < -0.4 is 20.0 Å². The lowest BCUT2D eigenvalue weighted by Crippen LogP contribution is -2.49. The van der Waals surface area contributed by atoms with Gasteiger partial charge in [0, 0.05) is 137 Å². The second-order valence-corrected chi connectivity index (χ2v) is 35.5. The van der Waals surface area contributed by atoms with Crippen molar-refractivity contribution in [3.8, 4) is 0 Å². The number of aromatic nitrogens is 14. The van der Waals surface area contributed by atoms with E-state index in [9.17, 15) is 41.1 Å². The highest BCUT2D eigenvalue weighted by molar-refractivity contribution is 6.12. The van der Waals surface area contributed by atoms with Crippen LogP contribution in [-0.2, 0) is 113 Å². The van der Waals surface area contributed by atoms with E-state index in [1.807, 2.05) is 92.7 Å². The molecule has 7 aliphatic rings. The summed E-state index contributed by atoms with van der Waals surface area (Å²) in [7, 11) is 6.37. The van der Waals surface area contributed by atoms with Gasteiger partial charge in [0.05, 0.1) is 39.4 Å². The summed E-state index contributed by atoms with van der Waals surface area (Å²) in [6.45, 7) is 15.0. The van der Waals surface area contributed by atoms with Crippen molar-refractivity contribution in [1.82, 2.24) is 78.8 Å². The zero-order valence-electron chi connectivity index (χ0n) is 73.7. The number of aryl methyl sites for hydroxylation is 8. The molecule has 678 valence electrons. The summed E-state index contributed by atoms with van der Waals surface area (Å²) in [6.07, 6.45) is 7.96. The Balaban J connectivity index is 0.000000127. The van der Waals surface area contributed by atoms with Gasteiger partial charge in [-0.2, -0.15) is 17.6 Å². The minimum absolute atomic E-state index is 0.0547. The first kappa shape index (κ1) is 90.6. The number of nitrogens with zero attached hydrogens (tertiary/aromatic N) is 19. The van der Waals surface area contributed by atoms with Crippen molar-refractivity contribution in [2.75, 3.05) is 59.4 Å². The number of alkyl halides is 10. The maximum Gasteiger partial charge on any atom is 0.343 e. The van der Waals surface area contributed by atoms with Crippen molar-refractivity contribution < 1.29 is 67.8 Å². The van der Waals surface area contributed by atoms with Gasteiger partial charge >= 0.3 is 11.8 Å². The number of rotatable bonds is 22. The Kier molecular flexibility index (Phi) is 24.6.